The number of aryl methyl sites for hydroxylation is 2. The van der Waals surface area contributed by atoms with Crippen LogP contribution in [-0.4, -0.2) is 23.3 Å². The molecule has 0 fully saturated rings. The van der Waals surface area contributed by atoms with Crippen molar-refractivity contribution in [2.75, 3.05) is 6.54 Å². The number of hydrogen-bond donors (Lipinski definition) is 0. The summed E-state index contributed by atoms with van der Waals surface area (Å²) < 4.78 is 0. The SMILES string of the molecule is CCCCCCCCc1csc(-c2sc(-c3cc(CCCCCCCC)cs3)c3c2C(=O)N(CCCCCCCC)C3=O)c1. The monoisotopic (exact) mass is 653 g/mol. The van der Waals surface area contributed by atoms with Crippen molar-refractivity contribution in [2.24, 2.45) is 0 Å². The van der Waals surface area contributed by atoms with Crippen LogP contribution < -0.4 is 0 Å². The van der Waals surface area contributed by atoms with E-state index in [2.05, 4.69) is 43.7 Å². The number of imide groups is 1. The minimum Gasteiger partial charge on any atom is -0.274 e. The maximum Gasteiger partial charge on any atom is 0.263 e. The van der Waals surface area contributed by atoms with Crippen molar-refractivity contribution in [1.82, 2.24) is 4.90 Å². The molecule has 0 saturated heterocycles. The number of thiophene rings is 3. The standard InChI is InChI=1S/C38H55NO2S3/c1-4-7-10-13-16-19-22-29-25-31(42-27-29)35-33-34(38(41)39(37(33)40)24-21-18-15-12-9-6-3)36(44-35)32-26-30(28-43-32)23-20-17-14-11-8-5-2/h25-28H,4-24H2,1-3H3. The van der Waals surface area contributed by atoms with Gasteiger partial charge in [0.15, 0.2) is 0 Å². The summed E-state index contributed by atoms with van der Waals surface area (Å²) >= 11 is 5.15. The van der Waals surface area contributed by atoms with Crippen LogP contribution in [0.15, 0.2) is 22.9 Å². The van der Waals surface area contributed by atoms with E-state index in [9.17, 15) is 9.59 Å². The van der Waals surface area contributed by atoms with Gasteiger partial charge >= 0.3 is 0 Å². The van der Waals surface area contributed by atoms with Crippen molar-refractivity contribution in [1.29, 1.82) is 0 Å². The Hall–Kier alpha value is -1.76. The summed E-state index contributed by atoms with van der Waals surface area (Å²) in [6.07, 6.45) is 24.6. The Balaban J connectivity index is 1.50. The van der Waals surface area contributed by atoms with Crippen molar-refractivity contribution in [3.63, 3.8) is 0 Å². The van der Waals surface area contributed by atoms with Gasteiger partial charge in [0.2, 0.25) is 0 Å². The molecule has 3 aromatic rings. The molecule has 3 aromatic heterocycles. The molecular formula is C38H55NO2S3. The number of hydrogen-bond acceptors (Lipinski definition) is 5. The van der Waals surface area contributed by atoms with E-state index in [0.29, 0.717) is 17.7 Å². The van der Waals surface area contributed by atoms with Gasteiger partial charge in [-0.05, 0) is 66.1 Å². The van der Waals surface area contributed by atoms with Crippen LogP contribution in [0.5, 0.6) is 0 Å². The average Bonchev–Trinajstić information content (AvgIpc) is 3.81. The summed E-state index contributed by atoms with van der Waals surface area (Å²) in [6, 6.07) is 4.58. The van der Waals surface area contributed by atoms with Gasteiger partial charge in [0.25, 0.3) is 11.8 Å². The van der Waals surface area contributed by atoms with Gasteiger partial charge < -0.3 is 0 Å². The van der Waals surface area contributed by atoms with Crippen molar-refractivity contribution in [3.05, 3.63) is 45.1 Å². The van der Waals surface area contributed by atoms with E-state index in [0.717, 1.165) is 45.2 Å². The lowest BCUT2D eigenvalue weighted by Crippen LogP contribution is -2.31. The van der Waals surface area contributed by atoms with E-state index >= 15 is 0 Å². The Kier molecular flexibility index (Phi) is 15.2. The van der Waals surface area contributed by atoms with Gasteiger partial charge in [0, 0.05) is 16.3 Å². The van der Waals surface area contributed by atoms with Crippen LogP contribution >= 0.6 is 34.0 Å². The van der Waals surface area contributed by atoms with Gasteiger partial charge in [-0.2, -0.15) is 0 Å². The molecular weight excluding hydrogens is 599 g/mol. The zero-order valence-electron chi connectivity index (χ0n) is 27.6. The summed E-state index contributed by atoms with van der Waals surface area (Å²) in [5, 5.41) is 4.54. The zero-order valence-corrected chi connectivity index (χ0v) is 30.1. The fourth-order valence-corrected chi connectivity index (χ4v) is 9.70. The third-order valence-electron chi connectivity index (χ3n) is 8.95. The van der Waals surface area contributed by atoms with E-state index in [1.807, 2.05) is 0 Å². The molecule has 0 spiro atoms. The van der Waals surface area contributed by atoms with Crippen LogP contribution in [-0.2, 0) is 12.8 Å². The first-order valence-corrected chi connectivity index (χ1v) is 20.3. The molecule has 0 atom stereocenters. The first kappa shape index (κ1) is 35.1. The minimum atomic E-state index is -0.0780. The maximum absolute atomic E-state index is 13.9. The second-order valence-corrected chi connectivity index (χ2v) is 15.6. The Morgan fingerprint density at radius 2 is 0.909 bits per heavy atom. The third kappa shape index (κ3) is 9.62. The average molecular weight is 654 g/mol. The van der Waals surface area contributed by atoms with Crippen LogP contribution in [0.25, 0.3) is 19.5 Å². The normalized spacial score (nSPS) is 13.0. The highest BCUT2D eigenvalue weighted by atomic mass is 32.1. The summed E-state index contributed by atoms with van der Waals surface area (Å²) in [7, 11) is 0. The molecule has 0 aliphatic carbocycles. The lowest BCUT2D eigenvalue weighted by atomic mass is 10.1. The van der Waals surface area contributed by atoms with Gasteiger partial charge in [-0.3, -0.25) is 14.5 Å². The number of fused-ring (bicyclic) bond motifs is 1. The molecule has 0 bridgehead atoms. The Morgan fingerprint density at radius 1 is 0.523 bits per heavy atom. The van der Waals surface area contributed by atoms with E-state index in [-0.39, 0.29) is 11.8 Å². The van der Waals surface area contributed by atoms with Crippen molar-refractivity contribution in [2.45, 2.75) is 149 Å². The number of unbranched alkanes of at least 4 members (excludes halogenated alkanes) is 15. The van der Waals surface area contributed by atoms with E-state index in [1.165, 1.54) is 114 Å². The topological polar surface area (TPSA) is 37.4 Å². The largest absolute Gasteiger partial charge is 0.274 e. The number of nitrogens with zero attached hydrogens (tertiary/aromatic N) is 1. The Labute approximate surface area is 279 Å². The molecule has 1 aliphatic heterocycles. The van der Waals surface area contributed by atoms with Gasteiger partial charge in [-0.25, -0.2) is 0 Å². The first-order chi connectivity index (χ1) is 21.6. The predicted octanol–water partition coefficient (Wildman–Crippen LogP) is 13.0. The Morgan fingerprint density at radius 3 is 1.34 bits per heavy atom. The molecule has 0 saturated carbocycles. The summed E-state index contributed by atoms with van der Waals surface area (Å²) in [5.74, 6) is -0.156. The fourth-order valence-electron chi connectivity index (χ4n) is 6.27. The lowest BCUT2D eigenvalue weighted by molar-refractivity contribution is 0.0652. The lowest BCUT2D eigenvalue weighted by Gasteiger charge is -2.14. The van der Waals surface area contributed by atoms with Crippen LogP contribution in [0.3, 0.4) is 0 Å². The molecule has 44 heavy (non-hydrogen) atoms. The van der Waals surface area contributed by atoms with E-state index in [4.69, 9.17) is 0 Å². The molecule has 242 valence electrons. The summed E-state index contributed by atoms with van der Waals surface area (Å²) in [4.78, 5) is 33.6. The van der Waals surface area contributed by atoms with Gasteiger partial charge in [-0.15, -0.1) is 34.0 Å². The molecule has 0 unspecified atom stereocenters. The maximum atomic E-state index is 13.9. The number of carbonyl (C=O) groups excluding carboxylic acids is 2. The van der Waals surface area contributed by atoms with Gasteiger partial charge in [-0.1, -0.05) is 117 Å². The molecule has 4 rings (SSSR count). The molecule has 0 aromatic carbocycles. The zero-order chi connectivity index (χ0) is 31.1. The molecule has 0 N–H and O–H groups in total. The van der Waals surface area contributed by atoms with Crippen LogP contribution in [0.4, 0.5) is 0 Å². The van der Waals surface area contributed by atoms with Crippen LogP contribution in [0.2, 0.25) is 0 Å². The number of amides is 2. The second-order valence-electron chi connectivity index (χ2n) is 12.7. The van der Waals surface area contributed by atoms with Crippen LogP contribution in [0, 0.1) is 0 Å². The minimum absolute atomic E-state index is 0.0780. The first-order valence-electron chi connectivity index (χ1n) is 17.8. The summed E-state index contributed by atoms with van der Waals surface area (Å²) in [5.41, 5.74) is 4.06. The highest BCUT2D eigenvalue weighted by molar-refractivity contribution is 7.26. The smallest absolute Gasteiger partial charge is 0.263 e. The van der Waals surface area contributed by atoms with E-state index < -0.39 is 0 Å². The Bertz CT molecular complexity index is 1210. The van der Waals surface area contributed by atoms with Gasteiger partial charge in [0.05, 0.1) is 20.9 Å². The highest BCUT2D eigenvalue weighted by Gasteiger charge is 2.42. The molecule has 3 nitrogen and oxygen atoms in total. The summed E-state index contributed by atoms with van der Waals surface area (Å²) in [6.45, 7) is 7.29. The number of carbonyl (C=O) groups is 2. The molecule has 0 radical (unpaired) electrons. The van der Waals surface area contributed by atoms with Crippen molar-refractivity contribution in [3.8, 4) is 19.5 Å². The quantitative estimate of drug-likeness (QED) is 0.0754. The van der Waals surface area contributed by atoms with Crippen molar-refractivity contribution >= 4 is 45.8 Å². The number of rotatable bonds is 23. The highest BCUT2D eigenvalue weighted by Crippen LogP contribution is 2.49. The van der Waals surface area contributed by atoms with Crippen molar-refractivity contribution < 1.29 is 9.59 Å². The predicted molar refractivity (Wildman–Crippen MR) is 194 cm³/mol. The molecule has 2 amide bonds. The molecule has 6 heteroatoms. The third-order valence-corrected chi connectivity index (χ3v) is 12.5. The van der Waals surface area contributed by atoms with E-state index in [1.54, 1.807) is 38.9 Å². The molecule has 1 aliphatic rings. The second kappa shape index (κ2) is 19.0. The fraction of sp³-hybridized carbons (Fsp3) is 0.632. The molecule has 4 heterocycles. The van der Waals surface area contributed by atoms with Crippen LogP contribution in [0.1, 0.15) is 168 Å². The van der Waals surface area contributed by atoms with Gasteiger partial charge in [0.1, 0.15) is 0 Å².